The average Bonchev–Trinajstić information content (AvgIpc) is 3.02. The molecule has 0 bridgehead atoms. The van der Waals surface area contributed by atoms with Gasteiger partial charge < -0.3 is 15.7 Å². The minimum absolute atomic E-state index is 0.0196. The molecule has 1 aliphatic carbocycles. The van der Waals surface area contributed by atoms with Gasteiger partial charge >= 0.3 is 6.03 Å². The number of carbonyl (C=O) groups excluding carboxylic acids is 2. The van der Waals surface area contributed by atoms with E-state index in [1.54, 1.807) is 12.1 Å². The van der Waals surface area contributed by atoms with Crippen molar-refractivity contribution in [3.8, 4) is 17.0 Å². The maximum absolute atomic E-state index is 12.5. The molecule has 0 saturated heterocycles. The lowest BCUT2D eigenvalue weighted by atomic mass is 9.82. The van der Waals surface area contributed by atoms with Gasteiger partial charge in [0.25, 0.3) is 0 Å². The first kappa shape index (κ1) is 20.9. The second-order valence-corrected chi connectivity index (χ2v) is 8.10. The first-order valence-corrected chi connectivity index (χ1v) is 10.4. The number of aromatic nitrogens is 2. The molecule has 1 fully saturated rings. The number of hydrogen-bond donors (Lipinski definition) is 3. The number of hydrogen-bond acceptors (Lipinski definition) is 4. The number of anilines is 1. The molecule has 1 aliphatic rings. The van der Waals surface area contributed by atoms with E-state index in [-0.39, 0.29) is 23.6 Å². The molecule has 1 heterocycles. The van der Waals surface area contributed by atoms with Gasteiger partial charge in [0, 0.05) is 36.2 Å². The molecule has 29 heavy (non-hydrogen) atoms. The van der Waals surface area contributed by atoms with E-state index >= 15 is 0 Å². The van der Waals surface area contributed by atoms with Crippen LogP contribution in [0.4, 0.5) is 10.5 Å². The Bertz CT molecular complexity index is 884. The standard InChI is InChI=1S/C22H30N4O3/c1-4-10-23-22(29)26-19(15-6-5-7-15)13-18(25-26)17-9-8-16(12-20(17)27)24-21(28)11-14(2)3/h8-9,12-15,27H,4-7,10-11H2,1-3H3,(H,23,29)(H,24,28). The van der Waals surface area contributed by atoms with E-state index < -0.39 is 0 Å². The third-order valence-corrected chi connectivity index (χ3v) is 5.13. The molecule has 156 valence electrons. The SMILES string of the molecule is CCCNC(=O)n1nc(-c2ccc(NC(=O)CC(C)C)cc2O)cc1C1CCC1. The summed E-state index contributed by atoms with van der Waals surface area (Å²) in [5, 5.41) is 20.7. The normalized spacial score (nSPS) is 13.9. The monoisotopic (exact) mass is 398 g/mol. The number of phenols is 1. The van der Waals surface area contributed by atoms with Crippen LogP contribution in [0.2, 0.25) is 0 Å². The Kier molecular flexibility index (Phi) is 6.56. The van der Waals surface area contributed by atoms with Gasteiger partial charge in [0.05, 0.1) is 11.4 Å². The molecule has 1 saturated carbocycles. The number of carbonyl (C=O) groups is 2. The molecular weight excluding hydrogens is 368 g/mol. The van der Waals surface area contributed by atoms with Crippen LogP contribution in [0.3, 0.4) is 0 Å². The van der Waals surface area contributed by atoms with E-state index in [0.29, 0.717) is 35.8 Å². The Morgan fingerprint density at radius 2 is 2.03 bits per heavy atom. The van der Waals surface area contributed by atoms with Gasteiger partial charge in [-0.3, -0.25) is 4.79 Å². The summed E-state index contributed by atoms with van der Waals surface area (Å²) < 4.78 is 1.44. The molecule has 2 aromatic rings. The summed E-state index contributed by atoms with van der Waals surface area (Å²) in [5.74, 6) is 0.512. The van der Waals surface area contributed by atoms with Crippen molar-refractivity contribution in [3.63, 3.8) is 0 Å². The molecule has 7 heteroatoms. The molecule has 0 atom stereocenters. The highest BCUT2D eigenvalue weighted by Gasteiger charge is 2.27. The Hall–Kier alpha value is -2.83. The van der Waals surface area contributed by atoms with Crippen molar-refractivity contribution in [1.82, 2.24) is 15.1 Å². The fourth-order valence-electron chi connectivity index (χ4n) is 3.40. The van der Waals surface area contributed by atoms with Crippen molar-refractivity contribution in [2.24, 2.45) is 5.92 Å². The predicted molar refractivity (Wildman–Crippen MR) is 113 cm³/mol. The molecular formula is C22H30N4O3. The summed E-state index contributed by atoms with van der Waals surface area (Å²) in [6.07, 6.45) is 4.50. The maximum atomic E-state index is 12.5. The maximum Gasteiger partial charge on any atom is 0.342 e. The van der Waals surface area contributed by atoms with Crippen LogP contribution >= 0.6 is 0 Å². The highest BCUT2D eigenvalue weighted by Crippen LogP contribution is 2.39. The summed E-state index contributed by atoms with van der Waals surface area (Å²) in [5.41, 5.74) is 2.51. The molecule has 0 aliphatic heterocycles. The van der Waals surface area contributed by atoms with E-state index in [2.05, 4.69) is 15.7 Å². The van der Waals surface area contributed by atoms with Gasteiger partial charge in [-0.15, -0.1) is 0 Å². The van der Waals surface area contributed by atoms with Crippen LogP contribution in [0.5, 0.6) is 5.75 Å². The predicted octanol–water partition coefficient (Wildman–Crippen LogP) is 4.48. The van der Waals surface area contributed by atoms with E-state index in [1.807, 2.05) is 26.8 Å². The number of nitrogens with zero attached hydrogens (tertiary/aromatic N) is 2. The van der Waals surface area contributed by atoms with Crippen LogP contribution in [0.25, 0.3) is 11.3 Å². The minimum Gasteiger partial charge on any atom is -0.507 e. The number of rotatable bonds is 7. The Morgan fingerprint density at radius 3 is 2.62 bits per heavy atom. The first-order valence-electron chi connectivity index (χ1n) is 10.4. The lowest BCUT2D eigenvalue weighted by molar-refractivity contribution is -0.116. The average molecular weight is 399 g/mol. The molecule has 3 N–H and O–H groups in total. The molecule has 2 amide bonds. The lowest BCUT2D eigenvalue weighted by Crippen LogP contribution is -2.32. The first-order chi connectivity index (χ1) is 13.9. The minimum atomic E-state index is -0.239. The Labute approximate surface area is 171 Å². The zero-order chi connectivity index (χ0) is 21.0. The Morgan fingerprint density at radius 1 is 1.28 bits per heavy atom. The van der Waals surface area contributed by atoms with Gasteiger partial charge in [-0.2, -0.15) is 9.78 Å². The third kappa shape index (κ3) is 4.96. The van der Waals surface area contributed by atoms with E-state index in [4.69, 9.17) is 0 Å². The molecule has 0 unspecified atom stereocenters. The van der Waals surface area contributed by atoms with Crippen LogP contribution < -0.4 is 10.6 Å². The van der Waals surface area contributed by atoms with E-state index in [0.717, 1.165) is 31.4 Å². The molecule has 0 spiro atoms. The van der Waals surface area contributed by atoms with Crippen LogP contribution in [-0.4, -0.2) is 33.4 Å². The van der Waals surface area contributed by atoms with E-state index in [1.165, 1.54) is 10.7 Å². The molecule has 1 aromatic carbocycles. The summed E-state index contributed by atoms with van der Waals surface area (Å²) in [6.45, 7) is 6.55. The largest absolute Gasteiger partial charge is 0.507 e. The summed E-state index contributed by atoms with van der Waals surface area (Å²) in [6, 6.07) is 6.64. The van der Waals surface area contributed by atoms with Gasteiger partial charge in [0.1, 0.15) is 5.75 Å². The number of phenolic OH excluding ortho intramolecular Hbond substituents is 1. The number of nitrogens with one attached hydrogen (secondary N) is 2. The second kappa shape index (κ2) is 9.11. The zero-order valence-corrected chi connectivity index (χ0v) is 17.4. The molecule has 1 aromatic heterocycles. The zero-order valence-electron chi connectivity index (χ0n) is 17.4. The molecule has 7 nitrogen and oxygen atoms in total. The van der Waals surface area contributed by atoms with Crippen molar-refractivity contribution < 1.29 is 14.7 Å². The van der Waals surface area contributed by atoms with Gasteiger partial charge in [-0.05, 0) is 43.4 Å². The summed E-state index contributed by atoms with van der Waals surface area (Å²) in [4.78, 5) is 24.5. The second-order valence-electron chi connectivity index (χ2n) is 8.10. The van der Waals surface area contributed by atoms with Gasteiger partial charge in [-0.1, -0.05) is 27.2 Å². The number of benzene rings is 1. The lowest BCUT2D eigenvalue weighted by Gasteiger charge is -2.25. The number of amides is 2. The topological polar surface area (TPSA) is 96.3 Å². The Balaban J connectivity index is 1.85. The van der Waals surface area contributed by atoms with Gasteiger partial charge in [-0.25, -0.2) is 4.79 Å². The summed E-state index contributed by atoms with van der Waals surface area (Å²) >= 11 is 0. The van der Waals surface area contributed by atoms with Crippen molar-refractivity contribution in [2.75, 3.05) is 11.9 Å². The van der Waals surface area contributed by atoms with Crippen LogP contribution in [0.15, 0.2) is 24.3 Å². The van der Waals surface area contributed by atoms with Gasteiger partial charge in [0.2, 0.25) is 5.91 Å². The molecule has 3 rings (SSSR count). The quantitative estimate of drug-likeness (QED) is 0.641. The summed E-state index contributed by atoms with van der Waals surface area (Å²) in [7, 11) is 0. The number of aromatic hydroxyl groups is 1. The van der Waals surface area contributed by atoms with E-state index in [9.17, 15) is 14.7 Å². The van der Waals surface area contributed by atoms with Crippen LogP contribution in [0.1, 0.15) is 64.5 Å². The fraction of sp³-hybridized carbons (Fsp3) is 0.500. The smallest absolute Gasteiger partial charge is 0.342 e. The van der Waals surface area contributed by atoms with Crippen LogP contribution in [-0.2, 0) is 4.79 Å². The van der Waals surface area contributed by atoms with Gasteiger partial charge in [0.15, 0.2) is 0 Å². The highest BCUT2D eigenvalue weighted by atomic mass is 16.3. The van der Waals surface area contributed by atoms with Crippen molar-refractivity contribution >= 4 is 17.6 Å². The highest BCUT2D eigenvalue weighted by molar-refractivity contribution is 5.91. The molecule has 0 radical (unpaired) electrons. The van der Waals surface area contributed by atoms with Crippen molar-refractivity contribution in [3.05, 3.63) is 30.0 Å². The fourth-order valence-corrected chi connectivity index (χ4v) is 3.40. The van der Waals surface area contributed by atoms with Crippen LogP contribution in [0, 0.1) is 5.92 Å². The van der Waals surface area contributed by atoms with Crippen molar-refractivity contribution in [2.45, 2.75) is 58.8 Å². The van der Waals surface area contributed by atoms with Crippen molar-refractivity contribution in [1.29, 1.82) is 0 Å². The third-order valence-electron chi connectivity index (χ3n) is 5.13.